The number of benzene rings is 1. The zero-order valence-electron chi connectivity index (χ0n) is 17.4. The maximum Gasteiger partial charge on any atom is 0.330 e. The van der Waals surface area contributed by atoms with E-state index in [1.165, 1.54) is 4.57 Å². The number of aryl methyl sites for hydroxylation is 2. The molecule has 2 heterocycles. The molecule has 154 valence electrons. The Bertz CT molecular complexity index is 1180. The van der Waals surface area contributed by atoms with Crippen molar-refractivity contribution in [3.63, 3.8) is 0 Å². The minimum absolute atomic E-state index is 0.00209. The van der Waals surface area contributed by atoms with Gasteiger partial charge in [-0.25, -0.2) is 9.78 Å². The quantitative estimate of drug-likeness (QED) is 0.502. The lowest BCUT2D eigenvalue weighted by molar-refractivity contribution is 0.0980. The van der Waals surface area contributed by atoms with Gasteiger partial charge in [0.1, 0.15) is 19.0 Å². The number of rotatable bonds is 6. The van der Waals surface area contributed by atoms with Crippen molar-refractivity contribution in [3.8, 4) is 11.8 Å². The van der Waals surface area contributed by atoms with Crippen LogP contribution in [0.1, 0.15) is 40.6 Å². The number of aromatic nitrogens is 4. The molecular weight excluding hydrogens is 380 g/mol. The minimum atomic E-state index is -0.488. The third-order valence-corrected chi connectivity index (χ3v) is 4.59. The van der Waals surface area contributed by atoms with Crippen molar-refractivity contribution in [1.82, 2.24) is 19.5 Å². The van der Waals surface area contributed by atoms with E-state index in [0.717, 1.165) is 16.7 Å². The predicted molar refractivity (Wildman–Crippen MR) is 114 cm³/mol. The van der Waals surface area contributed by atoms with Crippen molar-refractivity contribution in [3.05, 3.63) is 91.3 Å². The summed E-state index contributed by atoms with van der Waals surface area (Å²) in [5.41, 5.74) is 4.28. The molecule has 0 saturated carbocycles. The molecule has 30 heavy (non-hydrogen) atoms. The number of H-pyrrole nitrogens is 1. The first-order chi connectivity index (χ1) is 14.5. The Morgan fingerprint density at radius 2 is 1.90 bits per heavy atom. The molecule has 3 aromatic rings. The van der Waals surface area contributed by atoms with Gasteiger partial charge in [-0.2, -0.15) is 0 Å². The fraction of sp³-hybridized carbons (Fsp3) is 0.304. The van der Waals surface area contributed by atoms with Gasteiger partial charge in [0, 0.05) is 30.1 Å². The van der Waals surface area contributed by atoms with Gasteiger partial charge in [0.05, 0.1) is 6.20 Å². The average molecular weight is 404 g/mol. The SMILES string of the molecule is CCc1c(Cc2cc(C)cc(C)c2)n(COCC#Cc2cnccn2)c(=O)[nH]c1=O. The highest BCUT2D eigenvalue weighted by Gasteiger charge is 2.14. The fourth-order valence-corrected chi connectivity index (χ4v) is 3.40. The van der Waals surface area contributed by atoms with Crippen LogP contribution in [0.5, 0.6) is 0 Å². The van der Waals surface area contributed by atoms with Crippen LogP contribution in [0, 0.1) is 25.7 Å². The smallest absolute Gasteiger partial charge is 0.330 e. The number of nitrogens with one attached hydrogen (secondary N) is 1. The maximum atomic E-state index is 12.5. The summed E-state index contributed by atoms with van der Waals surface area (Å²) >= 11 is 0. The van der Waals surface area contributed by atoms with E-state index in [1.807, 2.05) is 20.8 Å². The largest absolute Gasteiger partial charge is 0.348 e. The summed E-state index contributed by atoms with van der Waals surface area (Å²) in [7, 11) is 0. The molecule has 3 rings (SSSR count). The van der Waals surface area contributed by atoms with Gasteiger partial charge in [-0.1, -0.05) is 42.2 Å². The van der Waals surface area contributed by atoms with Crippen LogP contribution in [0.4, 0.5) is 0 Å². The third-order valence-electron chi connectivity index (χ3n) is 4.59. The van der Waals surface area contributed by atoms with Crippen molar-refractivity contribution >= 4 is 0 Å². The van der Waals surface area contributed by atoms with Crippen molar-refractivity contribution < 1.29 is 4.74 Å². The summed E-state index contributed by atoms with van der Waals surface area (Å²) in [4.78, 5) is 35.3. The molecule has 1 aromatic carbocycles. The molecule has 0 aliphatic rings. The molecule has 0 bridgehead atoms. The molecule has 0 amide bonds. The molecule has 0 spiro atoms. The Hall–Kier alpha value is -3.50. The molecule has 0 unspecified atom stereocenters. The van der Waals surface area contributed by atoms with Crippen LogP contribution in [-0.2, 0) is 24.3 Å². The van der Waals surface area contributed by atoms with Crippen molar-refractivity contribution in [1.29, 1.82) is 0 Å². The fourth-order valence-electron chi connectivity index (χ4n) is 3.40. The van der Waals surface area contributed by atoms with Gasteiger partial charge in [0.15, 0.2) is 0 Å². The molecule has 0 saturated heterocycles. The van der Waals surface area contributed by atoms with Crippen LogP contribution in [0.2, 0.25) is 0 Å². The lowest BCUT2D eigenvalue weighted by Crippen LogP contribution is -2.36. The van der Waals surface area contributed by atoms with E-state index in [9.17, 15) is 9.59 Å². The maximum absolute atomic E-state index is 12.5. The highest BCUT2D eigenvalue weighted by molar-refractivity contribution is 5.33. The van der Waals surface area contributed by atoms with E-state index < -0.39 is 5.69 Å². The Morgan fingerprint density at radius 3 is 2.57 bits per heavy atom. The second kappa shape index (κ2) is 9.81. The van der Waals surface area contributed by atoms with Gasteiger partial charge in [0.2, 0.25) is 0 Å². The first kappa shape index (κ1) is 21.2. The summed E-state index contributed by atoms with van der Waals surface area (Å²) in [5.74, 6) is 5.70. The van der Waals surface area contributed by atoms with E-state index in [4.69, 9.17) is 4.74 Å². The van der Waals surface area contributed by atoms with Crippen molar-refractivity contribution in [2.75, 3.05) is 6.61 Å². The van der Waals surface area contributed by atoms with Gasteiger partial charge in [0.25, 0.3) is 5.56 Å². The monoisotopic (exact) mass is 404 g/mol. The Morgan fingerprint density at radius 1 is 1.13 bits per heavy atom. The number of hydrogen-bond acceptors (Lipinski definition) is 5. The number of hydrogen-bond donors (Lipinski definition) is 1. The summed E-state index contributed by atoms with van der Waals surface area (Å²) in [5, 5.41) is 0. The van der Waals surface area contributed by atoms with Gasteiger partial charge in [-0.15, -0.1) is 0 Å². The molecular formula is C23H24N4O3. The van der Waals surface area contributed by atoms with Crippen LogP contribution in [-0.4, -0.2) is 26.1 Å². The van der Waals surface area contributed by atoms with Crippen molar-refractivity contribution in [2.45, 2.75) is 40.3 Å². The molecule has 0 radical (unpaired) electrons. The second-order valence-electron chi connectivity index (χ2n) is 7.01. The molecule has 2 aromatic heterocycles. The molecule has 7 heteroatoms. The molecule has 1 N–H and O–H groups in total. The highest BCUT2D eigenvalue weighted by atomic mass is 16.5. The van der Waals surface area contributed by atoms with Crippen LogP contribution < -0.4 is 11.2 Å². The first-order valence-corrected chi connectivity index (χ1v) is 9.72. The summed E-state index contributed by atoms with van der Waals surface area (Å²) in [6, 6.07) is 6.22. The summed E-state index contributed by atoms with van der Waals surface area (Å²) < 4.78 is 7.08. The third kappa shape index (κ3) is 5.31. The van der Waals surface area contributed by atoms with Gasteiger partial charge < -0.3 is 4.74 Å². The van der Waals surface area contributed by atoms with Crippen LogP contribution >= 0.6 is 0 Å². The topological polar surface area (TPSA) is 89.9 Å². The Labute approximate surface area is 174 Å². The van der Waals surface area contributed by atoms with E-state index in [0.29, 0.717) is 29.8 Å². The normalized spacial score (nSPS) is 10.5. The van der Waals surface area contributed by atoms with Crippen molar-refractivity contribution in [2.24, 2.45) is 0 Å². The van der Waals surface area contributed by atoms with Crippen LogP contribution in [0.3, 0.4) is 0 Å². The van der Waals surface area contributed by atoms with Crippen LogP contribution in [0.25, 0.3) is 0 Å². The van der Waals surface area contributed by atoms with Gasteiger partial charge in [-0.3, -0.25) is 19.3 Å². The zero-order valence-corrected chi connectivity index (χ0v) is 17.4. The van der Waals surface area contributed by atoms with Gasteiger partial charge in [-0.05, 0) is 31.8 Å². The summed E-state index contributed by atoms with van der Waals surface area (Å²) in [6.45, 7) is 6.07. The number of ether oxygens (including phenoxy) is 1. The molecule has 0 aliphatic heterocycles. The molecule has 0 aliphatic carbocycles. The Balaban J connectivity index is 1.85. The lowest BCUT2D eigenvalue weighted by atomic mass is 10.0. The van der Waals surface area contributed by atoms with E-state index in [2.05, 4.69) is 45.0 Å². The molecule has 7 nitrogen and oxygen atoms in total. The molecule has 0 atom stereocenters. The standard InChI is InChI=1S/C23H24N4O3/c1-4-20-21(13-18-11-16(2)10-17(3)12-18)27(23(29)26-22(20)28)15-30-9-5-6-19-14-24-7-8-25-19/h7-8,10-12,14H,4,9,13,15H2,1-3H3,(H,26,28,29). The highest BCUT2D eigenvalue weighted by Crippen LogP contribution is 2.15. The Kier molecular flexibility index (Phi) is 6.94. The van der Waals surface area contributed by atoms with Crippen LogP contribution in [0.15, 0.2) is 46.4 Å². The predicted octanol–water partition coefficient (Wildman–Crippen LogP) is 2.12. The van der Waals surface area contributed by atoms with Gasteiger partial charge >= 0.3 is 5.69 Å². The lowest BCUT2D eigenvalue weighted by Gasteiger charge is -2.16. The average Bonchev–Trinajstić information content (AvgIpc) is 2.70. The number of nitrogens with zero attached hydrogens (tertiary/aromatic N) is 3. The van der Waals surface area contributed by atoms with E-state index in [1.54, 1.807) is 18.6 Å². The zero-order chi connectivity index (χ0) is 21.5. The first-order valence-electron chi connectivity index (χ1n) is 9.72. The second-order valence-corrected chi connectivity index (χ2v) is 7.01. The minimum Gasteiger partial charge on any atom is -0.348 e. The molecule has 0 fully saturated rings. The van der Waals surface area contributed by atoms with E-state index >= 15 is 0 Å². The van der Waals surface area contributed by atoms with E-state index in [-0.39, 0.29) is 18.9 Å². The number of aromatic amines is 1. The summed E-state index contributed by atoms with van der Waals surface area (Å²) in [6.07, 6.45) is 5.69.